The van der Waals surface area contributed by atoms with Crippen molar-refractivity contribution >= 4 is 34.4 Å². The van der Waals surface area contributed by atoms with Gasteiger partial charge in [-0.3, -0.25) is 14.4 Å². The highest BCUT2D eigenvalue weighted by Crippen LogP contribution is 2.70. The molecule has 8 aliphatic carbocycles. The van der Waals surface area contributed by atoms with Gasteiger partial charge in [0.2, 0.25) is 5.24 Å². The molecule has 1 N–H and O–H groups in total. The van der Waals surface area contributed by atoms with Gasteiger partial charge in [-0.1, -0.05) is 40.9 Å². The zero-order valence-corrected chi connectivity index (χ0v) is 36.4. The van der Waals surface area contributed by atoms with Crippen LogP contribution in [0.4, 0.5) is 0 Å². The van der Waals surface area contributed by atoms with Crippen LogP contribution in [0, 0.1) is 69.0 Å². The van der Waals surface area contributed by atoms with Gasteiger partial charge in [-0.2, -0.15) is 0 Å². The number of halogens is 1. The van der Waals surface area contributed by atoms with E-state index in [1.165, 1.54) is 51.4 Å². The van der Waals surface area contributed by atoms with E-state index >= 15 is 0 Å². The minimum absolute atomic E-state index is 0.0625. The predicted molar refractivity (Wildman–Crippen MR) is 219 cm³/mol. The van der Waals surface area contributed by atoms with Crippen molar-refractivity contribution in [1.29, 1.82) is 0 Å². The van der Waals surface area contributed by atoms with Crippen LogP contribution in [0.1, 0.15) is 171 Å². The molecule has 0 radical (unpaired) electrons. The van der Waals surface area contributed by atoms with Crippen molar-refractivity contribution < 1.29 is 29.0 Å². The summed E-state index contributed by atoms with van der Waals surface area (Å²) in [6, 6.07) is 0. The van der Waals surface area contributed by atoms with E-state index in [-0.39, 0.29) is 22.4 Å². The lowest BCUT2D eigenvalue weighted by Gasteiger charge is -2.61. The minimum atomic E-state index is -0.469. The van der Waals surface area contributed by atoms with Crippen LogP contribution in [0.3, 0.4) is 0 Å². The van der Waals surface area contributed by atoms with Crippen LogP contribution in [0.2, 0.25) is 0 Å². The second-order valence-electron chi connectivity index (χ2n) is 21.5. The number of Topliss-reactive ketones (excluding diaryl/α,β-unsaturated/α-hetero) is 2. The highest BCUT2D eigenvalue weighted by molar-refractivity contribution is 6.67. The van der Waals surface area contributed by atoms with Crippen LogP contribution < -0.4 is 0 Å². The van der Waals surface area contributed by atoms with Crippen molar-refractivity contribution in [3.8, 4) is 0 Å². The van der Waals surface area contributed by atoms with E-state index in [0.717, 1.165) is 87.9 Å². The molecular weight excluding hydrogens is 708 g/mol. The number of hydrogen-bond donors (Lipinski definition) is 1. The molecule has 0 heterocycles. The van der Waals surface area contributed by atoms with E-state index in [1.807, 2.05) is 0 Å². The monoisotopic (exact) mass is 781 g/mol. The normalized spacial score (nSPS) is 48.0. The number of carbonyl (C=O) groups is 4. The number of rotatable bonds is 3. The summed E-state index contributed by atoms with van der Waals surface area (Å²) in [6.45, 7) is 24.3. The van der Waals surface area contributed by atoms with Gasteiger partial charge in [0.25, 0.3) is 0 Å². The summed E-state index contributed by atoms with van der Waals surface area (Å²) < 4.78 is 6.08. The van der Waals surface area contributed by atoms with Gasteiger partial charge in [0.05, 0.1) is 5.60 Å². The van der Waals surface area contributed by atoms with Crippen LogP contribution in [-0.2, 0) is 23.9 Å². The Kier molecular flexibility index (Phi) is 11.8. The molecule has 0 aromatic heterocycles. The van der Waals surface area contributed by atoms with E-state index in [2.05, 4.69) is 54.7 Å². The van der Waals surface area contributed by atoms with Crippen LogP contribution in [0.15, 0.2) is 24.3 Å². The summed E-state index contributed by atoms with van der Waals surface area (Å²) in [7, 11) is 0. The van der Waals surface area contributed by atoms with Gasteiger partial charge in [0.1, 0.15) is 17.2 Å². The number of esters is 1. The Hall–Kier alpha value is -1.79. The quantitative estimate of drug-likeness (QED) is 0.174. The molecule has 0 saturated heterocycles. The van der Waals surface area contributed by atoms with Crippen molar-refractivity contribution in [3.63, 3.8) is 0 Å². The van der Waals surface area contributed by atoms with Gasteiger partial charge in [0.15, 0.2) is 0 Å². The van der Waals surface area contributed by atoms with Crippen LogP contribution in [0.25, 0.3) is 0 Å². The first-order valence-corrected chi connectivity index (χ1v) is 22.4. The molecule has 0 spiro atoms. The Morgan fingerprint density at radius 1 is 0.618 bits per heavy atom. The zero-order valence-electron chi connectivity index (χ0n) is 35.6. The van der Waals surface area contributed by atoms with Crippen molar-refractivity contribution in [1.82, 2.24) is 0 Å². The van der Waals surface area contributed by atoms with Crippen molar-refractivity contribution in [2.24, 2.45) is 69.0 Å². The van der Waals surface area contributed by atoms with Gasteiger partial charge in [-0.05, 0) is 193 Å². The van der Waals surface area contributed by atoms with Gasteiger partial charge >= 0.3 is 5.97 Å². The summed E-state index contributed by atoms with van der Waals surface area (Å²) >= 11 is 4.87. The van der Waals surface area contributed by atoms with E-state index in [9.17, 15) is 24.3 Å². The van der Waals surface area contributed by atoms with E-state index < -0.39 is 10.8 Å². The molecule has 6 unspecified atom stereocenters. The molecule has 55 heavy (non-hydrogen) atoms. The number of carbonyl (C=O) groups excluding carboxylic acids is 4. The third kappa shape index (κ3) is 7.20. The lowest BCUT2D eigenvalue weighted by molar-refractivity contribution is -0.181. The standard InChI is InChI=1S/C24H36O3.C20H32O2.C4H5ClO/c1-15(2)21(26)27-24(5)13-10-20-18-7-6-16-14-17(25)8-11-22(16,3)19(18)9-12-23(20,24)4;1-18-9-6-14(21)12-13(18)4-5-15-16(18)7-10-19(2)17(15)8-11-20(19,3)22;1-3(2)4(5)6/h16,18-20H,1,6-14H2,2-5H3;13,15-17,22H,4-12H2,1-3H3;1H2,2H3/t16?,18?,19-,20-,22-,23-,24?;13?,15?,16-,17-,18-,19-,20?;/m00./s1. The molecule has 0 aromatic carbocycles. The second kappa shape index (κ2) is 15.1. The first-order chi connectivity index (χ1) is 25.5. The fraction of sp³-hybridized carbons (Fsp3) is 0.833. The molecule has 8 aliphatic rings. The average Bonchev–Trinajstić information content (AvgIpc) is 3.52. The summed E-state index contributed by atoms with van der Waals surface area (Å²) in [6.07, 6.45) is 19.6. The highest BCUT2D eigenvalue weighted by Gasteiger charge is 2.66. The molecular formula is C48H73ClO6. The highest BCUT2D eigenvalue weighted by atomic mass is 35.5. The molecule has 0 bridgehead atoms. The zero-order chi connectivity index (χ0) is 40.5. The summed E-state index contributed by atoms with van der Waals surface area (Å²) in [5.41, 5.74) is 0.961. The lowest BCUT2D eigenvalue weighted by atomic mass is 9.44. The Morgan fingerprint density at radius 2 is 1.04 bits per heavy atom. The van der Waals surface area contributed by atoms with Crippen molar-refractivity contribution in [3.05, 3.63) is 24.3 Å². The predicted octanol–water partition coefficient (Wildman–Crippen LogP) is 11.2. The summed E-state index contributed by atoms with van der Waals surface area (Å²) in [5.74, 6) is 6.38. The van der Waals surface area contributed by atoms with Crippen molar-refractivity contribution in [2.45, 2.75) is 182 Å². The summed E-state index contributed by atoms with van der Waals surface area (Å²) in [5, 5.41) is 10.5. The van der Waals surface area contributed by atoms with Gasteiger partial charge in [-0.25, -0.2) is 4.79 Å². The number of ketones is 2. The maximum Gasteiger partial charge on any atom is 0.333 e. The molecule has 8 fully saturated rings. The molecule has 308 valence electrons. The van der Waals surface area contributed by atoms with Crippen LogP contribution >= 0.6 is 11.6 Å². The third-order valence-corrected chi connectivity index (χ3v) is 19.4. The molecule has 6 nitrogen and oxygen atoms in total. The topological polar surface area (TPSA) is 97.7 Å². The molecule has 0 aromatic rings. The lowest BCUT2D eigenvalue weighted by Crippen LogP contribution is -2.56. The molecule has 14 atom stereocenters. The van der Waals surface area contributed by atoms with Crippen molar-refractivity contribution in [2.75, 3.05) is 0 Å². The van der Waals surface area contributed by atoms with E-state index in [1.54, 1.807) is 13.8 Å². The smallest absolute Gasteiger partial charge is 0.333 e. The molecule has 0 amide bonds. The van der Waals surface area contributed by atoms with Crippen LogP contribution in [-0.4, -0.2) is 39.1 Å². The number of allylic oxidation sites excluding steroid dienone is 1. The summed E-state index contributed by atoms with van der Waals surface area (Å²) in [4.78, 5) is 46.1. The largest absolute Gasteiger partial charge is 0.455 e. The minimum Gasteiger partial charge on any atom is -0.455 e. The number of aliphatic hydroxyl groups is 1. The van der Waals surface area contributed by atoms with E-state index in [4.69, 9.17) is 16.3 Å². The van der Waals surface area contributed by atoms with Crippen LogP contribution in [0.5, 0.6) is 0 Å². The number of hydrogen-bond acceptors (Lipinski definition) is 6. The fourth-order valence-electron chi connectivity index (χ4n) is 15.0. The van der Waals surface area contributed by atoms with Gasteiger partial charge in [0, 0.05) is 42.2 Å². The SMILES string of the molecule is C=C(C)C(=O)Cl.C=C(C)C(=O)OC1(C)CC[C@H]2C3CCC4CC(=O)CC[C@]4(C)[C@H]3CC[C@@]21C.CC1(O)CC[C@H]2C3CCC4CC(=O)CC[C@]4(C)[C@H]3CC[C@@]21C. The maximum atomic E-state index is 12.3. The Balaban J connectivity index is 0.000000166. The number of fused-ring (bicyclic) bond motifs is 10. The molecule has 0 aliphatic heterocycles. The second-order valence-corrected chi connectivity index (χ2v) is 21.9. The molecule has 8 rings (SSSR count). The Morgan fingerprint density at radius 3 is 1.49 bits per heavy atom. The fourth-order valence-corrected chi connectivity index (χ4v) is 15.0. The first-order valence-electron chi connectivity index (χ1n) is 22.0. The molecule has 8 saturated carbocycles. The van der Waals surface area contributed by atoms with E-state index in [0.29, 0.717) is 57.2 Å². The number of ether oxygens (including phenoxy) is 1. The maximum absolute atomic E-state index is 12.3. The Bertz CT molecular complexity index is 1570. The molecule has 7 heteroatoms. The Labute approximate surface area is 337 Å². The third-order valence-electron chi connectivity index (χ3n) is 19.1. The van der Waals surface area contributed by atoms with Gasteiger partial charge < -0.3 is 9.84 Å². The average molecular weight is 782 g/mol. The first kappa shape index (κ1) is 42.8. The van der Waals surface area contributed by atoms with Gasteiger partial charge in [-0.15, -0.1) is 0 Å².